The van der Waals surface area contributed by atoms with Gasteiger partial charge in [0.15, 0.2) is 17.5 Å². The number of aryl methyl sites for hydroxylation is 1. The Morgan fingerprint density at radius 1 is 1.10 bits per heavy atom. The summed E-state index contributed by atoms with van der Waals surface area (Å²) in [6.07, 6.45) is 0. The number of methoxy groups -OCH3 is 1. The van der Waals surface area contributed by atoms with E-state index in [0.29, 0.717) is 24.1 Å². The highest BCUT2D eigenvalue weighted by molar-refractivity contribution is 14.0. The molecule has 0 aliphatic carbocycles. The second kappa shape index (κ2) is 12.5. The van der Waals surface area contributed by atoms with Gasteiger partial charge in [-0.25, -0.2) is 0 Å². The lowest BCUT2D eigenvalue weighted by atomic mass is 10.0. The summed E-state index contributed by atoms with van der Waals surface area (Å²) in [7, 11) is 7.57. The van der Waals surface area contributed by atoms with Crippen molar-refractivity contribution in [1.82, 2.24) is 10.2 Å². The van der Waals surface area contributed by atoms with E-state index in [1.54, 1.807) is 14.2 Å². The third-order valence-electron chi connectivity index (χ3n) is 4.50. The molecule has 0 saturated heterocycles. The van der Waals surface area contributed by atoms with Crippen molar-refractivity contribution in [1.29, 1.82) is 0 Å². The number of nitrogens with one attached hydrogen (secondary N) is 2. The molecular weight excluding hydrogens is 479 g/mol. The molecular formula is C22H33IN4O2. The van der Waals surface area contributed by atoms with E-state index < -0.39 is 0 Å². The van der Waals surface area contributed by atoms with Crippen molar-refractivity contribution in [3.63, 3.8) is 0 Å². The van der Waals surface area contributed by atoms with Crippen LogP contribution >= 0.6 is 24.0 Å². The Labute approximate surface area is 191 Å². The van der Waals surface area contributed by atoms with Gasteiger partial charge in [-0.3, -0.25) is 4.99 Å². The standard InChI is InChI=1S/C22H32N4O2.HI/c1-7-28-21-14-18(12-13-20(21)27-6)25-22(23-3)24-15-19(26(4)5)17-10-8-16(2)9-11-17;/h8-14,19H,7,15H2,1-6H3,(H2,23,24,25);1H. The molecule has 0 spiro atoms. The molecule has 0 radical (unpaired) electrons. The van der Waals surface area contributed by atoms with Crippen molar-refractivity contribution in [3.05, 3.63) is 53.6 Å². The molecule has 2 rings (SSSR count). The number of halogens is 1. The van der Waals surface area contributed by atoms with Gasteiger partial charge in [-0.05, 0) is 45.6 Å². The van der Waals surface area contributed by atoms with Crippen LogP contribution < -0.4 is 20.1 Å². The van der Waals surface area contributed by atoms with Gasteiger partial charge >= 0.3 is 0 Å². The second-order valence-corrected chi connectivity index (χ2v) is 6.77. The zero-order valence-electron chi connectivity index (χ0n) is 18.2. The number of hydrogen-bond acceptors (Lipinski definition) is 4. The lowest BCUT2D eigenvalue weighted by Gasteiger charge is -2.26. The van der Waals surface area contributed by atoms with Crippen molar-refractivity contribution in [2.75, 3.05) is 46.7 Å². The van der Waals surface area contributed by atoms with Gasteiger partial charge in [0, 0.05) is 25.3 Å². The number of ether oxygens (including phenoxy) is 2. The van der Waals surface area contributed by atoms with E-state index in [1.807, 2.05) is 25.1 Å². The monoisotopic (exact) mass is 512 g/mol. The van der Waals surface area contributed by atoms with E-state index in [4.69, 9.17) is 9.47 Å². The molecule has 2 N–H and O–H groups in total. The number of guanidine groups is 1. The number of hydrogen-bond donors (Lipinski definition) is 2. The zero-order valence-corrected chi connectivity index (χ0v) is 20.5. The first-order valence-corrected chi connectivity index (χ1v) is 9.50. The molecule has 160 valence electrons. The molecule has 0 fully saturated rings. The van der Waals surface area contributed by atoms with E-state index in [2.05, 4.69) is 65.8 Å². The maximum atomic E-state index is 5.65. The Hall–Kier alpha value is -2.00. The summed E-state index contributed by atoms with van der Waals surface area (Å²) in [6, 6.07) is 14.6. The molecule has 0 aliphatic rings. The SMILES string of the molecule is CCOc1cc(NC(=NC)NCC(c2ccc(C)cc2)N(C)C)ccc1OC.I. The molecule has 6 nitrogen and oxygen atoms in total. The summed E-state index contributed by atoms with van der Waals surface area (Å²) in [5, 5.41) is 6.74. The third kappa shape index (κ3) is 7.40. The normalized spacial score (nSPS) is 12.2. The summed E-state index contributed by atoms with van der Waals surface area (Å²) >= 11 is 0. The Morgan fingerprint density at radius 3 is 2.34 bits per heavy atom. The third-order valence-corrected chi connectivity index (χ3v) is 4.50. The van der Waals surface area contributed by atoms with E-state index in [-0.39, 0.29) is 30.0 Å². The van der Waals surface area contributed by atoms with Crippen LogP contribution in [0, 0.1) is 6.92 Å². The van der Waals surface area contributed by atoms with Crippen LogP contribution in [-0.4, -0.2) is 52.3 Å². The predicted molar refractivity (Wildman–Crippen MR) is 132 cm³/mol. The van der Waals surface area contributed by atoms with Crippen LogP contribution in [0.4, 0.5) is 5.69 Å². The van der Waals surface area contributed by atoms with Gasteiger partial charge in [0.2, 0.25) is 0 Å². The van der Waals surface area contributed by atoms with Crippen LogP contribution in [0.2, 0.25) is 0 Å². The highest BCUT2D eigenvalue weighted by atomic mass is 127. The van der Waals surface area contributed by atoms with Crippen LogP contribution in [-0.2, 0) is 0 Å². The minimum absolute atomic E-state index is 0. The van der Waals surface area contributed by atoms with Crippen LogP contribution in [0.25, 0.3) is 0 Å². The molecule has 1 unspecified atom stereocenters. The van der Waals surface area contributed by atoms with Crippen molar-refractivity contribution in [3.8, 4) is 11.5 Å². The van der Waals surface area contributed by atoms with Crippen LogP contribution in [0.1, 0.15) is 24.1 Å². The summed E-state index contributed by atoms with van der Waals surface area (Å²) in [4.78, 5) is 6.54. The summed E-state index contributed by atoms with van der Waals surface area (Å²) < 4.78 is 11.0. The lowest BCUT2D eigenvalue weighted by molar-refractivity contribution is 0.298. The molecule has 0 amide bonds. The Kier molecular flexibility index (Phi) is 10.8. The number of nitrogens with zero attached hydrogens (tertiary/aromatic N) is 2. The van der Waals surface area contributed by atoms with Gasteiger partial charge in [0.05, 0.1) is 19.8 Å². The fourth-order valence-electron chi connectivity index (χ4n) is 2.92. The average molecular weight is 512 g/mol. The van der Waals surface area contributed by atoms with Crippen LogP contribution in [0.15, 0.2) is 47.5 Å². The Bertz CT molecular complexity index is 779. The molecule has 29 heavy (non-hydrogen) atoms. The Balaban J connectivity index is 0.00000420. The van der Waals surface area contributed by atoms with Crippen LogP contribution in [0.3, 0.4) is 0 Å². The van der Waals surface area contributed by atoms with Crippen molar-refractivity contribution >= 4 is 35.6 Å². The first-order chi connectivity index (χ1) is 13.5. The minimum atomic E-state index is 0. The minimum Gasteiger partial charge on any atom is -0.493 e. The quantitative estimate of drug-likeness (QED) is 0.314. The second-order valence-electron chi connectivity index (χ2n) is 6.77. The summed E-state index contributed by atoms with van der Waals surface area (Å²) in [5.74, 6) is 2.12. The van der Waals surface area contributed by atoms with Crippen molar-refractivity contribution < 1.29 is 9.47 Å². The summed E-state index contributed by atoms with van der Waals surface area (Å²) in [5.41, 5.74) is 3.41. The van der Waals surface area contributed by atoms with E-state index in [9.17, 15) is 0 Å². The molecule has 7 heteroatoms. The summed E-state index contributed by atoms with van der Waals surface area (Å²) in [6.45, 7) is 5.36. The van der Waals surface area contributed by atoms with Gasteiger partial charge in [-0.2, -0.15) is 0 Å². The molecule has 0 saturated carbocycles. The topological polar surface area (TPSA) is 58.1 Å². The average Bonchev–Trinajstić information content (AvgIpc) is 2.68. The number of aliphatic imine (C=N–C) groups is 1. The zero-order chi connectivity index (χ0) is 20.5. The van der Waals surface area contributed by atoms with Gasteiger partial charge in [0.1, 0.15) is 0 Å². The number of likely N-dealkylation sites (N-methyl/N-ethyl adjacent to an activating group) is 1. The van der Waals surface area contributed by atoms with Gasteiger partial charge in [0.25, 0.3) is 0 Å². The first kappa shape index (κ1) is 25.0. The van der Waals surface area contributed by atoms with Crippen molar-refractivity contribution in [2.24, 2.45) is 4.99 Å². The van der Waals surface area contributed by atoms with Gasteiger partial charge in [-0.15, -0.1) is 24.0 Å². The number of benzene rings is 2. The molecule has 2 aromatic carbocycles. The molecule has 0 aliphatic heterocycles. The molecule has 0 aromatic heterocycles. The number of anilines is 1. The fraction of sp³-hybridized carbons (Fsp3) is 0.409. The van der Waals surface area contributed by atoms with Crippen molar-refractivity contribution in [2.45, 2.75) is 19.9 Å². The molecule has 0 heterocycles. The maximum absolute atomic E-state index is 5.65. The van der Waals surface area contributed by atoms with Crippen LogP contribution in [0.5, 0.6) is 11.5 Å². The smallest absolute Gasteiger partial charge is 0.195 e. The Morgan fingerprint density at radius 2 is 1.79 bits per heavy atom. The molecule has 0 bridgehead atoms. The van der Waals surface area contributed by atoms with E-state index in [1.165, 1.54) is 11.1 Å². The van der Waals surface area contributed by atoms with Gasteiger partial charge < -0.3 is 25.0 Å². The highest BCUT2D eigenvalue weighted by Gasteiger charge is 2.15. The van der Waals surface area contributed by atoms with Gasteiger partial charge in [-0.1, -0.05) is 29.8 Å². The maximum Gasteiger partial charge on any atom is 0.195 e. The first-order valence-electron chi connectivity index (χ1n) is 9.50. The molecule has 2 aromatic rings. The van der Waals surface area contributed by atoms with E-state index in [0.717, 1.165) is 12.2 Å². The molecule has 1 atom stereocenters. The highest BCUT2D eigenvalue weighted by Crippen LogP contribution is 2.30. The number of rotatable bonds is 8. The predicted octanol–water partition coefficient (Wildman–Crippen LogP) is 4.31. The van der Waals surface area contributed by atoms with E-state index >= 15 is 0 Å². The lowest BCUT2D eigenvalue weighted by Crippen LogP contribution is -2.38. The largest absolute Gasteiger partial charge is 0.493 e. The fourth-order valence-corrected chi connectivity index (χ4v) is 2.92.